The van der Waals surface area contributed by atoms with Gasteiger partial charge in [0.05, 0.1) is 5.52 Å². The average molecular weight is 420 g/mol. The third-order valence-electron chi connectivity index (χ3n) is 5.80. The Labute approximate surface area is 189 Å². The van der Waals surface area contributed by atoms with Crippen LogP contribution in [0.25, 0.3) is 10.9 Å². The van der Waals surface area contributed by atoms with E-state index in [4.69, 9.17) is 0 Å². The lowest BCUT2D eigenvalue weighted by molar-refractivity contribution is 0.308. The summed E-state index contributed by atoms with van der Waals surface area (Å²) in [6.07, 6.45) is 8.34. The van der Waals surface area contributed by atoms with Gasteiger partial charge in [-0.05, 0) is 42.9 Å². The first-order valence-electron chi connectivity index (χ1n) is 11.8. The maximum atomic E-state index is 4.42. The summed E-state index contributed by atoms with van der Waals surface area (Å²) >= 11 is 0. The predicted octanol–water partition coefficient (Wildman–Crippen LogP) is 7.48. The van der Waals surface area contributed by atoms with Gasteiger partial charge in [-0.15, -0.1) is 0 Å². The summed E-state index contributed by atoms with van der Waals surface area (Å²) < 4.78 is 0. The van der Waals surface area contributed by atoms with Gasteiger partial charge in [0.15, 0.2) is 0 Å². The normalized spacial score (nSPS) is 17.7. The number of para-hydroxylation sites is 1. The second-order valence-electron chi connectivity index (χ2n) is 9.11. The Bertz CT molecular complexity index is 871. The number of aryl methyl sites for hydroxylation is 2. The molecular formula is C28H41N3. The van der Waals surface area contributed by atoms with E-state index in [1.165, 1.54) is 44.1 Å². The highest BCUT2D eigenvalue weighted by atomic mass is 15.1. The van der Waals surface area contributed by atoms with E-state index < -0.39 is 0 Å². The van der Waals surface area contributed by atoms with Crippen molar-refractivity contribution in [3.63, 3.8) is 0 Å². The lowest BCUT2D eigenvalue weighted by Crippen LogP contribution is -2.12. The van der Waals surface area contributed by atoms with Crippen molar-refractivity contribution >= 4 is 16.7 Å². The molecule has 1 aromatic heterocycles. The highest BCUT2D eigenvalue weighted by molar-refractivity contribution is 5.89. The summed E-state index contributed by atoms with van der Waals surface area (Å²) in [5.41, 5.74) is 2.45. The fraction of sp³-hybridized carbons (Fsp3) is 0.500. The van der Waals surface area contributed by atoms with Gasteiger partial charge >= 0.3 is 0 Å². The monoisotopic (exact) mass is 419 g/mol. The third-order valence-corrected chi connectivity index (χ3v) is 5.80. The van der Waals surface area contributed by atoms with E-state index in [0.717, 1.165) is 34.4 Å². The van der Waals surface area contributed by atoms with Crippen LogP contribution in [-0.4, -0.2) is 24.1 Å². The molecule has 0 unspecified atom stereocenters. The standard InChI is InChI=1S/C11H13N3.C9H12.C8H16/c1-8-12-10-7-5-4-6-9(10)11(13-8)14(2)3;1-2-6-9-7-4-3-5-8-9;1-7-3-5-8(2)6-4-7/h4-7H,1-3H3;3-5,7-8H,2,6H2,1H3;7-8H,3-6H2,1-2H3. The van der Waals surface area contributed by atoms with Crippen LogP contribution in [0.5, 0.6) is 0 Å². The van der Waals surface area contributed by atoms with Crippen LogP contribution in [0.1, 0.15) is 64.3 Å². The molecule has 0 spiro atoms. The molecule has 0 N–H and O–H groups in total. The number of benzene rings is 2. The Hall–Kier alpha value is -2.42. The molecule has 0 amide bonds. The second-order valence-corrected chi connectivity index (χ2v) is 9.11. The molecule has 1 fully saturated rings. The molecule has 0 atom stereocenters. The van der Waals surface area contributed by atoms with Gasteiger partial charge in [0.25, 0.3) is 0 Å². The quantitative estimate of drug-likeness (QED) is 0.441. The van der Waals surface area contributed by atoms with E-state index in [-0.39, 0.29) is 0 Å². The summed E-state index contributed by atoms with van der Waals surface area (Å²) in [5, 5.41) is 1.10. The highest BCUT2D eigenvalue weighted by Crippen LogP contribution is 2.27. The molecule has 168 valence electrons. The van der Waals surface area contributed by atoms with Crippen LogP contribution >= 0.6 is 0 Å². The summed E-state index contributed by atoms with van der Waals surface area (Å²) in [7, 11) is 3.99. The van der Waals surface area contributed by atoms with Crippen LogP contribution < -0.4 is 4.90 Å². The van der Waals surface area contributed by atoms with Crippen LogP contribution in [0.3, 0.4) is 0 Å². The van der Waals surface area contributed by atoms with Crippen LogP contribution in [0.4, 0.5) is 5.82 Å². The van der Waals surface area contributed by atoms with Crippen molar-refractivity contribution in [3.8, 4) is 0 Å². The van der Waals surface area contributed by atoms with Crippen molar-refractivity contribution < 1.29 is 0 Å². The summed E-state index contributed by atoms with van der Waals surface area (Å²) in [4.78, 5) is 10.8. The minimum atomic E-state index is 0.812. The average Bonchev–Trinajstić information content (AvgIpc) is 2.77. The maximum absolute atomic E-state index is 4.42. The van der Waals surface area contributed by atoms with Crippen LogP contribution in [0.15, 0.2) is 54.6 Å². The van der Waals surface area contributed by atoms with Crippen molar-refractivity contribution in [2.75, 3.05) is 19.0 Å². The zero-order valence-corrected chi connectivity index (χ0v) is 20.4. The molecule has 1 saturated carbocycles. The van der Waals surface area contributed by atoms with E-state index in [2.05, 4.69) is 61.1 Å². The van der Waals surface area contributed by atoms with Crippen molar-refractivity contribution in [2.24, 2.45) is 11.8 Å². The van der Waals surface area contributed by atoms with Crippen LogP contribution in [-0.2, 0) is 6.42 Å². The van der Waals surface area contributed by atoms with Crippen molar-refractivity contribution in [2.45, 2.75) is 66.2 Å². The van der Waals surface area contributed by atoms with E-state index in [9.17, 15) is 0 Å². The van der Waals surface area contributed by atoms with Gasteiger partial charge in [-0.25, -0.2) is 9.97 Å². The molecule has 4 rings (SSSR count). The third kappa shape index (κ3) is 8.69. The number of aromatic nitrogens is 2. The number of hydrogen-bond acceptors (Lipinski definition) is 3. The Morgan fingerprint density at radius 1 is 0.806 bits per heavy atom. The fourth-order valence-corrected chi connectivity index (χ4v) is 3.87. The lowest BCUT2D eigenvalue weighted by Gasteiger charge is -2.22. The van der Waals surface area contributed by atoms with E-state index >= 15 is 0 Å². The van der Waals surface area contributed by atoms with E-state index in [0.29, 0.717) is 0 Å². The SMILES string of the molecule is CC1CCC(C)CC1.CCCc1ccccc1.Cc1nc(N(C)C)c2ccccc2n1. The molecule has 3 aromatic rings. The molecule has 2 aromatic carbocycles. The molecule has 31 heavy (non-hydrogen) atoms. The molecule has 0 aliphatic heterocycles. The molecule has 0 saturated heterocycles. The van der Waals surface area contributed by atoms with Gasteiger partial charge in [0.2, 0.25) is 0 Å². The topological polar surface area (TPSA) is 29.0 Å². The number of nitrogens with zero attached hydrogens (tertiary/aromatic N) is 3. The Morgan fingerprint density at radius 2 is 1.35 bits per heavy atom. The van der Waals surface area contributed by atoms with E-state index in [1.807, 2.05) is 50.2 Å². The lowest BCUT2D eigenvalue weighted by atomic mass is 9.84. The molecule has 1 heterocycles. The van der Waals surface area contributed by atoms with Gasteiger partial charge in [-0.2, -0.15) is 0 Å². The van der Waals surface area contributed by atoms with Crippen molar-refractivity contribution in [1.82, 2.24) is 9.97 Å². The molecule has 3 heteroatoms. The molecule has 0 radical (unpaired) electrons. The van der Waals surface area contributed by atoms with Crippen LogP contribution in [0.2, 0.25) is 0 Å². The Kier molecular flexibility index (Phi) is 10.5. The first-order valence-corrected chi connectivity index (χ1v) is 11.8. The van der Waals surface area contributed by atoms with Gasteiger partial charge in [-0.1, -0.05) is 95.3 Å². The molecular weight excluding hydrogens is 378 g/mol. The second kappa shape index (κ2) is 13.1. The summed E-state index contributed by atoms with van der Waals surface area (Å²) in [6.45, 7) is 8.85. The molecule has 1 aliphatic carbocycles. The first-order chi connectivity index (χ1) is 14.9. The first kappa shape index (κ1) is 24.8. The predicted molar refractivity (Wildman–Crippen MR) is 136 cm³/mol. The largest absolute Gasteiger partial charge is 0.362 e. The smallest absolute Gasteiger partial charge is 0.139 e. The molecule has 0 bridgehead atoms. The zero-order valence-electron chi connectivity index (χ0n) is 20.4. The summed E-state index contributed by atoms with van der Waals surface area (Å²) in [5.74, 6) is 3.83. The number of fused-ring (bicyclic) bond motifs is 1. The van der Waals surface area contributed by atoms with Crippen molar-refractivity contribution in [3.05, 3.63) is 66.0 Å². The minimum absolute atomic E-state index is 0.812. The number of rotatable bonds is 3. The molecule has 3 nitrogen and oxygen atoms in total. The Balaban J connectivity index is 0.000000175. The van der Waals surface area contributed by atoms with Gasteiger partial charge < -0.3 is 4.90 Å². The van der Waals surface area contributed by atoms with E-state index in [1.54, 1.807) is 0 Å². The fourth-order valence-electron chi connectivity index (χ4n) is 3.87. The van der Waals surface area contributed by atoms with Crippen molar-refractivity contribution in [1.29, 1.82) is 0 Å². The number of anilines is 1. The van der Waals surface area contributed by atoms with Gasteiger partial charge in [-0.3, -0.25) is 0 Å². The van der Waals surface area contributed by atoms with Gasteiger partial charge in [0, 0.05) is 19.5 Å². The molecule has 1 aliphatic rings. The maximum Gasteiger partial charge on any atom is 0.139 e. The number of hydrogen-bond donors (Lipinski definition) is 0. The zero-order chi connectivity index (χ0) is 22.6. The minimum Gasteiger partial charge on any atom is -0.362 e. The Morgan fingerprint density at radius 3 is 1.90 bits per heavy atom. The highest BCUT2D eigenvalue weighted by Gasteiger charge is 2.13. The van der Waals surface area contributed by atoms with Gasteiger partial charge in [0.1, 0.15) is 11.6 Å². The van der Waals surface area contributed by atoms with Crippen LogP contribution in [0, 0.1) is 18.8 Å². The summed E-state index contributed by atoms with van der Waals surface area (Å²) in [6, 6.07) is 18.6.